The average molecular weight is 242 g/mol. The average Bonchev–Trinajstić information content (AvgIpc) is 2.97. The van der Waals surface area contributed by atoms with Crippen LogP contribution < -0.4 is 0 Å². The monoisotopic (exact) mass is 242 g/mol. The molecule has 0 aromatic heterocycles. The maximum absolute atomic E-state index is 12.7. The van der Waals surface area contributed by atoms with Gasteiger partial charge in [-0.2, -0.15) is 0 Å². The Hall–Kier alpha value is -1.11. The van der Waals surface area contributed by atoms with Crippen molar-refractivity contribution >= 4 is 5.78 Å². The van der Waals surface area contributed by atoms with Gasteiger partial charge in [-0.25, -0.2) is 0 Å². The van der Waals surface area contributed by atoms with E-state index in [1.165, 1.54) is 0 Å². The second-order valence-corrected chi connectivity index (χ2v) is 6.26. The van der Waals surface area contributed by atoms with Crippen molar-refractivity contribution in [2.24, 2.45) is 35.5 Å². The van der Waals surface area contributed by atoms with Gasteiger partial charge in [-0.1, -0.05) is 24.3 Å². The van der Waals surface area contributed by atoms with E-state index in [1.54, 1.807) is 0 Å². The summed E-state index contributed by atoms with van der Waals surface area (Å²) >= 11 is 0. The minimum Gasteiger partial charge on any atom is -0.299 e. The lowest BCUT2D eigenvalue weighted by molar-refractivity contribution is -0.127. The summed E-state index contributed by atoms with van der Waals surface area (Å²) in [6.07, 6.45) is 13.0. The lowest BCUT2D eigenvalue weighted by Gasteiger charge is -2.18. The van der Waals surface area contributed by atoms with Gasteiger partial charge in [0, 0.05) is 11.8 Å². The highest BCUT2D eigenvalue weighted by atomic mass is 16.1. The summed E-state index contributed by atoms with van der Waals surface area (Å²) in [5.74, 6) is 3.11. The van der Waals surface area contributed by atoms with Gasteiger partial charge in [0.05, 0.1) is 0 Å². The van der Waals surface area contributed by atoms with Gasteiger partial charge in [0.1, 0.15) is 5.78 Å². The number of carbonyl (C=O) groups is 1. The number of hydrogen-bond donors (Lipinski definition) is 0. The Morgan fingerprint density at radius 1 is 0.889 bits per heavy atom. The highest BCUT2D eigenvalue weighted by molar-refractivity contribution is 5.85. The molecule has 0 aromatic carbocycles. The van der Waals surface area contributed by atoms with E-state index in [2.05, 4.69) is 25.3 Å². The Labute approximate surface area is 110 Å². The first kappa shape index (κ1) is 12.0. The lowest BCUT2D eigenvalue weighted by atomic mass is 9.84. The van der Waals surface area contributed by atoms with Crippen LogP contribution >= 0.6 is 0 Å². The summed E-state index contributed by atoms with van der Waals surface area (Å²) in [6, 6.07) is 0. The first-order valence-electron chi connectivity index (χ1n) is 7.20. The molecule has 0 radical (unpaired) electrons. The summed E-state index contributed by atoms with van der Waals surface area (Å²) in [6.45, 7) is 7.78. The zero-order valence-electron chi connectivity index (χ0n) is 10.9. The highest BCUT2D eigenvalue weighted by Crippen LogP contribution is 2.48. The Balaban J connectivity index is 1.84. The molecule has 1 nitrogen and oxygen atoms in total. The number of fused-ring (bicyclic) bond motifs is 2. The predicted octanol–water partition coefficient (Wildman–Crippen LogP) is 3.78. The summed E-state index contributed by atoms with van der Waals surface area (Å²) in [4.78, 5) is 12.7. The van der Waals surface area contributed by atoms with Crippen LogP contribution in [0.5, 0.6) is 0 Å². The lowest BCUT2D eigenvalue weighted by Crippen LogP contribution is -2.25. The number of ketones is 1. The van der Waals surface area contributed by atoms with Gasteiger partial charge in [0.15, 0.2) is 0 Å². The normalized spacial score (nSPS) is 46.3. The third-order valence-electron chi connectivity index (χ3n) is 5.30. The van der Waals surface area contributed by atoms with Crippen molar-refractivity contribution in [3.63, 3.8) is 0 Å². The maximum Gasteiger partial charge on any atom is 0.140 e. The Kier molecular flexibility index (Phi) is 3.01. The molecule has 18 heavy (non-hydrogen) atoms. The van der Waals surface area contributed by atoms with Gasteiger partial charge in [-0.15, -0.1) is 13.2 Å². The van der Waals surface area contributed by atoms with Gasteiger partial charge in [0.25, 0.3) is 0 Å². The fraction of sp³-hybridized carbons (Fsp3) is 0.588. The predicted molar refractivity (Wildman–Crippen MR) is 73.9 cm³/mol. The molecule has 0 heterocycles. The van der Waals surface area contributed by atoms with Crippen LogP contribution in [0.3, 0.4) is 0 Å². The van der Waals surface area contributed by atoms with Crippen molar-refractivity contribution < 1.29 is 4.79 Å². The SMILES string of the molecule is C=C[C@@H]1C[C@@H]2C=C[C@@H]3C[C@H](C=C)C[C@@H]3C(=O)[C@@H]2C1. The number of carbonyl (C=O) groups excluding carboxylic acids is 1. The van der Waals surface area contributed by atoms with Gasteiger partial charge >= 0.3 is 0 Å². The molecule has 2 fully saturated rings. The number of Topliss-reactive ketones (excluding diaryl/α,β-unsaturated/α-hetero) is 1. The number of hydrogen-bond acceptors (Lipinski definition) is 1. The van der Waals surface area contributed by atoms with Crippen molar-refractivity contribution in [2.75, 3.05) is 0 Å². The van der Waals surface area contributed by atoms with E-state index in [-0.39, 0.29) is 11.8 Å². The largest absolute Gasteiger partial charge is 0.299 e. The fourth-order valence-electron chi connectivity index (χ4n) is 4.25. The van der Waals surface area contributed by atoms with E-state index in [0.29, 0.717) is 29.5 Å². The van der Waals surface area contributed by atoms with Gasteiger partial charge in [-0.3, -0.25) is 4.79 Å². The molecule has 0 amide bonds. The minimum atomic E-state index is 0.266. The van der Waals surface area contributed by atoms with Crippen LogP contribution in [0.2, 0.25) is 0 Å². The first-order valence-corrected chi connectivity index (χ1v) is 7.20. The third kappa shape index (κ3) is 1.81. The van der Waals surface area contributed by atoms with Crippen LogP contribution in [-0.2, 0) is 4.79 Å². The summed E-state index contributed by atoms with van der Waals surface area (Å²) in [5.41, 5.74) is 0. The van der Waals surface area contributed by atoms with Crippen LogP contribution in [0.1, 0.15) is 25.7 Å². The molecule has 0 saturated heterocycles. The summed E-state index contributed by atoms with van der Waals surface area (Å²) in [5, 5.41) is 0. The van der Waals surface area contributed by atoms with Gasteiger partial charge in [0.2, 0.25) is 0 Å². The zero-order valence-corrected chi connectivity index (χ0v) is 10.9. The van der Waals surface area contributed by atoms with Gasteiger partial charge in [-0.05, 0) is 49.4 Å². The van der Waals surface area contributed by atoms with E-state index >= 15 is 0 Å². The van der Waals surface area contributed by atoms with E-state index in [0.717, 1.165) is 25.7 Å². The molecule has 96 valence electrons. The molecule has 0 bridgehead atoms. The standard InChI is InChI=1S/C17H22O/c1-3-11-7-13-5-6-14-8-12(4-2)10-16(14)17(18)15(13)9-11/h3-6,11-16H,1-2,7-10H2/t11-,12+,13+,14-,15-,16+. The topological polar surface area (TPSA) is 17.1 Å². The number of rotatable bonds is 2. The quantitative estimate of drug-likeness (QED) is 0.673. The highest BCUT2D eigenvalue weighted by Gasteiger charge is 2.45. The molecule has 0 spiro atoms. The van der Waals surface area contributed by atoms with Crippen molar-refractivity contribution in [1.82, 2.24) is 0 Å². The van der Waals surface area contributed by atoms with Crippen molar-refractivity contribution in [3.8, 4) is 0 Å². The molecule has 2 saturated carbocycles. The van der Waals surface area contributed by atoms with E-state index in [1.807, 2.05) is 12.2 Å². The first-order chi connectivity index (χ1) is 8.72. The number of allylic oxidation sites excluding steroid dienone is 4. The third-order valence-corrected chi connectivity index (χ3v) is 5.30. The molecule has 0 aromatic rings. The zero-order chi connectivity index (χ0) is 12.7. The molecule has 3 aliphatic carbocycles. The smallest absolute Gasteiger partial charge is 0.140 e. The van der Waals surface area contributed by atoms with E-state index in [4.69, 9.17) is 0 Å². The van der Waals surface area contributed by atoms with Crippen LogP contribution in [0.15, 0.2) is 37.5 Å². The molecule has 0 unspecified atom stereocenters. The van der Waals surface area contributed by atoms with Gasteiger partial charge < -0.3 is 0 Å². The molecular formula is C17H22O. The van der Waals surface area contributed by atoms with E-state index in [9.17, 15) is 4.79 Å². The summed E-state index contributed by atoms with van der Waals surface area (Å²) < 4.78 is 0. The fourth-order valence-corrected chi connectivity index (χ4v) is 4.25. The molecule has 3 aliphatic rings. The molecule has 6 atom stereocenters. The molecule has 0 aliphatic heterocycles. The van der Waals surface area contributed by atoms with Crippen LogP contribution in [-0.4, -0.2) is 5.78 Å². The Morgan fingerprint density at radius 2 is 1.33 bits per heavy atom. The summed E-state index contributed by atoms with van der Waals surface area (Å²) in [7, 11) is 0. The molecule has 0 N–H and O–H groups in total. The van der Waals surface area contributed by atoms with Crippen LogP contribution in [0.4, 0.5) is 0 Å². The van der Waals surface area contributed by atoms with Crippen molar-refractivity contribution in [1.29, 1.82) is 0 Å². The molecular weight excluding hydrogens is 220 g/mol. The second kappa shape index (κ2) is 4.53. The van der Waals surface area contributed by atoms with Crippen molar-refractivity contribution in [3.05, 3.63) is 37.5 Å². The van der Waals surface area contributed by atoms with Crippen LogP contribution in [0.25, 0.3) is 0 Å². The Bertz CT molecular complexity index is 370. The van der Waals surface area contributed by atoms with Crippen molar-refractivity contribution in [2.45, 2.75) is 25.7 Å². The van der Waals surface area contributed by atoms with Crippen LogP contribution in [0, 0.1) is 35.5 Å². The van der Waals surface area contributed by atoms with E-state index < -0.39 is 0 Å². The minimum absolute atomic E-state index is 0.266. The maximum atomic E-state index is 12.7. The molecule has 3 rings (SSSR count). The Morgan fingerprint density at radius 3 is 1.72 bits per heavy atom. The molecule has 1 heteroatoms. The second-order valence-electron chi connectivity index (χ2n) is 6.26.